The SMILES string of the molecule is CN1C(=O)CC(NC(=O)C2CC2C(=O)O)C1c1ccc(Cl)cc1. The van der Waals surface area contributed by atoms with Gasteiger partial charge in [-0.3, -0.25) is 14.4 Å². The smallest absolute Gasteiger partial charge is 0.307 e. The van der Waals surface area contributed by atoms with Gasteiger partial charge in [-0.1, -0.05) is 23.7 Å². The van der Waals surface area contributed by atoms with Gasteiger partial charge in [0.15, 0.2) is 0 Å². The molecule has 122 valence electrons. The third kappa shape index (κ3) is 3.03. The number of rotatable bonds is 4. The van der Waals surface area contributed by atoms with Gasteiger partial charge in [0.2, 0.25) is 11.8 Å². The van der Waals surface area contributed by atoms with Crippen molar-refractivity contribution in [2.45, 2.75) is 24.9 Å². The van der Waals surface area contributed by atoms with Gasteiger partial charge in [-0.2, -0.15) is 0 Å². The van der Waals surface area contributed by atoms with Gasteiger partial charge in [-0.15, -0.1) is 0 Å². The highest BCUT2D eigenvalue weighted by atomic mass is 35.5. The van der Waals surface area contributed by atoms with E-state index < -0.39 is 17.8 Å². The van der Waals surface area contributed by atoms with Crippen molar-refractivity contribution in [3.8, 4) is 0 Å². The molecule has 7 heteroatoms. The quantitative estimate of drug-likeness (QED) is 0.871. The average molecular weight is 337 g/mol. The van der Waals surface area contributed by atoms with Crippen molar-refractivity contribution in [1.29, 1.82) is 0 Å². The van der Waals surface area contributed by atoms with Crippen molar-refractivity contribution in [1.82, 2.24) is 10.2 Å². The molecule has 3 rings (SSSR count). The molecule has 2 N–H and O–H groups in total. The second-order valence-corrected chi connectivity index (χ2v) is 6.54. The highest BCUT2D eigenvalue weighted by molar-refractivity contribution is 6.30. The van der Waals surface area contributed by atoms with E-state index in [0.29, 0.717) is 11.4 Å². The maximum Gasteiger partial charge on any atom is 0.307 e. The number of benzene rings is 1. The average Bonchev–Trinajstić information content (AvgIpc) is 3.25. The Kier molecular flexibility index (Phi) is 4.02. The predicted octanol–water partition coefficient (Wildman–Crippen LogP) is 1.45. The maximum absolute atomic E-state index is 12.2. The Hall–Kier alpha value is -2.08. The van der Waals surface area contributed by atoms with Crippen LogP contribution in [0.2, 0.25) is 5.02 Å². The van der Waals surface area contributed by atoms with Gasteiger partial charge in [0.25, 0.3) is 0 Å². The minimum absolute atomic E-state index is 0.0548. The Morgan fingerprint density at radius 1 is 1.26 bits per heavy atom. The Morgan fingerprint density at radius 3 is 2.48 bits per heavy atom. The largest absolute Gasteiger partial charge is 0.481 e. The number of halogens is 1. The Labute approximate surface area is 138 Å². The van der Waals surface area contributed by atoms with E-state index in [0.717, 1.165) is 5.56 Å². The normalized spacial score (nSPS) is 29.5. The number of likely N-dealkylation sites (N-methyl/N-ethyl adjacent to an activating group) is 1. The lowest BCUT2D eigenvalue weighted by Gasteiger charge is -2.26. The van der Waals surface area contributed by atoms with E-state index in [-0.39, 0.29) is 30.3 Å². The first-order valence-electron chi connectivity index (χ1n) is 7.43. The van der Waals surface area contributed by atoms with Gasteiger partial charge in [-0.25, -0.2) is 0 Å². The van der Waals surface area contributed by atoms with Gasteiger partial charge in [0.05, 0.1) is 23.9 Å². The number of hydrogen-bond donors (Lipinski definition) is 2. The van der Waals surface area contributed by atoms with E-state index in [1.165, 1.54) is 0 Å². The number of carboxylic acid groups (broad SMARTS) is 1. The van der Waals surface area contributed by atoms with Crippen LogP contribution in [0.25, 0.3) is 0 Å². The lowest BCUT2D eigenvalue weighted by Crippen LogP contribution is -2.40. The number of carboxylic acids is 1. The van der Waals surface area contributed by atoms with Gasteiger partial charge in [0, 0.05) is 18.5 Å². The number of carbonyl (C=O) groups excluding carboxylic acids is 2. The molecule has 1 aromatic carbocycles. The first-order valence-corrected chi connectivity index (χ1v) is 7.80. The fraction of sp³-hybridized carbons (Fsp3) is 0.438. The van der Waals surface area contributed by atoms with Crippen LogP contribution in [0, 0.1) is 11.8 Å². The molecule has 23 heavy (non-hydrogen) atoms. The van der Waals surface area contributed by atoms with E-state index >= 15 is 0 Å². The first-order chi connectivity index (χ1) is 10.9. The molecule has 2 aliphatic rings. The molecular formula is C16H17ClN2O4. The molecule has 1 aliphatic carbocycles. The van der Waals surface area contributed by atoms with E-state index in [4.69, 9.17) is 16.7 Å². The Morgan fingerprint density at radius 2 is 1.91 bits per heavy atom. The van der Waals surface area contributed by atoms with Crippen LogP contribution in [0.1, 0.15) is 24.4 Å². The predicted molar refractivity (Wildman–Crippen MR) is 82.7 cm³/mol. The van der Waals surface area contributed by atoms with Gasteiger partial charge in [-0.05, 0) is 24.1 Å². The number of nitrogens with zero attached hydrogens (tertiary/aromatic N) is 1. The van der Waals surface area contributed by atoms with Gasteiger partial charge >= 0.3 is 5.97 Å². The van der Waals surface area contributed by atoms with Crippen LogP contribution >= 0.6 is 11.6 Å². The van der Waals surface area contributed by atoms with E-state index in [1.54, 1.807) is 24.1 Å². The zero-order chi connectivity index (χ0) is 16.7. The Bertz CT molecular complexity index is 661. The lowest BCUT2D eigenvalue weighted by molar-refractivity contribution is -0.140. The summed E-state index contributed by atoms with van der Waals surface area (Å²) in [4.78, 5) is 36.7. The van der Waals surface area contributed by atoms with Crippen molar-refractivity contribution < 1.29 is 19.5 Å². The minimum atomic E-state index is -0.945. The van der Waals surface area contributed by atoms with Crippen molar-refractivity contribution in [3.63, 3.8) is 0 Å². The van der Waals surface area contributed by atoms with Crippen molar-refractivity contribution in [3.05, 3.63) is 34.9 Å². The second-order valence-electron chi connectivity index (χ2n) is 6.11. The second kappa shape index (κ2) is 5.85. The van der Waals surface area contributed by atoms with Crippen LogP contribution in [0.15, 0.2) is 24.3 Å². The zero-order valence-electron chi connectivity index (χ0n) is 12.5. The summed E-state index contributed by atoms with van der Waals surface area (Å²) in [6, 6.07) is 6.51. The molecular weight excluding hydrogens is 320 g/mol. The fourth-order valence-corrected chi connectivity index (χ4v) is 3.29. The number of carbonyl (C=O) groups is 3. The number of amides is 2. The molecule has 0 aromatic heterocycles. The zero-order valence-corrected chi connectivity index (χ0v) is 13.3. The minimum Gasteiger partial charge on any atom is -0.481 e. The maximum atomic E-state index is 12.2. The van der Waals surface area contributed by atoms with Gasteiger partial charge < -0.3 is 15.3 Å². The molecule has 0 spiro atoms. The summed E-state index contributed by atoms with van der Waals surface area (Å²) in [6.07, 6.45) is 0.573. The first kappa shape index (κ1) is 15.8. The molecule has 1 saturated heterocycles. The molecule has 4 unspecified atom stereocenters. The van der Waals surface area contributed by atoms with Crippen LogP contribution in [-0.2, 0) is 14.4 Å². The summed E-state index contributed by atoms with van der Waals surface area (Å²) in [6.45, 7) is 0. The molecule has 1 heterocycles. The number of hydrogen-bond acceptors (Lipinski definition) is 3. The molecule has 1 aliphatic heterocycles. The number of nitrogens with one attached hydrogen (secondary N) is 1. The standard InChI is InChI=1S/C16H17ClN2O4/c1-19-13(20)7-12(14(19)8-2-4-9(17)5-3-8)18-15(21)10-6-11(10)16(22)23/h2-5,10-12,14H,6-7H2,1H3,(H,18,21)(H,22,23). The summed E-state index contributed by atoms with van der Waals surface area (Å²) >= 11 is 5.89. The Balaban J connectivity index is 1.74. The summed E-state index contributed by atoms with van der Waals surface area (Å²) in [5.74, 6) is -2.37. The molecule has 0 radical (unpaired) electrons. The highest BCUT2D eigenvalue weighted by Crippen LogP contribution is 2.40. The third-order valence-corrected chi connectivity index (χ3v) is 4.82. The van der Waals surface area contributed by atoms with E-state index in [1.807, 2.05) is 12.1 Å². The van der Waals surface area contributed by atoms with Crippen molar-refractivity contribution in [2.24, 2.45) is 11.8 Å². The molecule has 1 saturated carbocycles. The van der Waals surface area contributed by atoms with Crippen molar-refractivity contribution >= 4 is 29.4 Å². The number of likely N-dealkylation sites (tertiary alicyclic amines) is 1. The molecule has 0 bridgehead atoms. The molecule has 2 fully saturated rings. The monoisotopic (exact) mass is 336 g/mol. The summed E-state index contributed by atoms with van der Waals surface area (Å²) in [5.41, 5.74) is 0.888. The van der Waals surface area contributed by atoms with Crippen molar-refractivity contribution in [2.75, 3.05) is 7.05 Å². The van der Waals surface area contributed by atoms with E-state index in [2.05, 4.69) is 5.32 Å². The summed E-state index contributed by atoms with van der Waals surface area (Å²) in [5, 5.41) is 12.4. The number of aliphatic carboxylic acids is 1. The van der Waals surface area contributed by atoms with Crippen LogP contribution in [-0.4, -0.2) is 40.9 Å². The third-order valence-electron chi connectivity index (χ3n) is 4.57. The molecule has 2 amide bonds. The topological polar surface area (TPSA) is 86.7 Å². The molecule has 6 nitrogen and oxygen atoms in total. The summed E-state index contributed by atoms with van der Waals surface area (Å²) < 4.78 is 0. The van der Waals surface area contributed by atoms with E-state index in [9.17, 15) is 14.4 Å². The fourth-order valence-electron chi connectivity index (χ4n) is 3.16. The van der Waals surface area contributed by atoms with Gasteiger partial charge in [0.1, 0.15) is 0 Å². The van der Waals surface area contributed by atoms with Crippen LogP contribution in [0.4, 0.5) is 0 Å². The van der Waals surface area contributed by atoms with Crippen LogP contribution in [0.5, 0.6) is 0 Å². The molecule has 1 aromatic rings. The lowest BCUT2D eigenvalue weighted by atomic mass is 10.00. The van der Waals surface area contributed by atoms with Crippen LogP contribution in [0.3, 0.4) is 0 Å². The van der Waals surface area contributed by atoms with Crippen LogP contribution < -0.4 is 5.32 Å². The highest BCUT2D eigenvalue weighted by Gasteiger charge is 2.50. The molecule has 4 atom stereocenters. The summed E-state index contributed by atoms with van der Waals surface area (Å²) in [7, 11) is 1.70.